The van der Waals surface area contributed by atoms with Gasteiger partial charge in [-0.1, -0.05) is 25.3 Å². The molecule has 1 fully saturated rings. The molecule has 4 nitrogen and oxygen atoms in total. The summed E-state index contributed by atoms with van der Waals surface area (Å²) >= 11 is 0. The van der Waals surface area contributed by atoms with Gasteiger partial charge in [0.15, 0.2) is 11.5 Å². The Morgan fingerprint density at radius 2 is 1.83 bits per heavy atom. The van der Waals surface area contributed by atoms with Crippen LogP contribution in [0.4, 0.5) is 0 Å². The van der Waals surface area contributed by atoms with E-state index in [1.807, 2.05) is 0 Å². The monoisotopic (exact) mass is 249 g/mol. The number of nitrogens with two attached hydrogens (primary N) is 1. The summed E-state index contributed by atoms with van der Waals surface area (Å²) in [4.78, 5) is 11.7. The Bertz CT molecular complexity index is 439. The van der Waals surface area contributed by atoms with Gasteiger partial charge in [-0.05, 0) is 36.5 Å². The first-order chi connectivity index (χ1) is 8.59. The number of carbonyl (C=O) groups excluding carboxylic acids is 1. The first-order valence-electron chi connectivity index (χ1n) is 6.41. The van der Waals surface area contributed by atoms with E-state index in [-0.39, 0.29) is 29.2 Å². The van der Waals surface area contributed by atoms with Gasteiger partial charge in [0.05, 0.1) is 5.92 Å². The number of hydrogen-bond donors (Lipinski definition) is 3. The summed E-state index contributed by atoms with van der Waals surface area (Å²) in [5.41, 5.74) is 6.20. The molecule has 0 aromatic heterocycles. The van der Waals surface area contributed by atoms with Crippen molar-refractivity contribution in [1.29, 1.82) is 0 Å². The van der Waals surface area contributed by atoms with Crippen LogP contribution in [-0.2, 0) is 4.79 Å². The fourth-order valence-electron chi connectivity index (χ4n) is 2.87. The Morgan fingerprint density at radius 1 is 1.17 bits per heavy atom. The topological polar surface area (TPSA) is 83.6 Å². The van der Waals surface area contributed by atoms with Crippen molar-refractivity contribution in [3.63, 3.8) is 0 Å². The lowest BCUT2D eigenvalue weighted by atomic mass is 9.76. The highest BCUT2D eigenvalue weighted by Gasteiger charge is 2.29. The molecule has 1 aliphatic rings. The molecule has 1 amide bonds. The van der Waals surface area contributed by atoms with E-state index in [0.717, 1.165) is 25.7 Å². The Morgan fingerprint density at radius 3 is 2.39 bits per heavy atom. The molecule has 2 rings (SSSR count). The molecule has 4 N–H and O–H groups in total. The molecule has 0 heterocycles. The number of rotatable bonds is 3. The molecule has 4 heteroatoms. The highest BCUT2D eigenvalue weighted by Crippen LogP contribution is 2.38. The molecule has 1 saturated carbocycles. The van der Waals surface area contributed by atoms with Crippen molar-refractivity contribution >= 4 is 5.91 Å². The molecular weight excluding hydrogens is 230 g/mol. The minimum atomic E-state index is -0.364. The summed E-state index contributed by atoms with van der Waals surface area (Å²) in [5, 5.41) is 18.8. The molecule has 0 radical (unpaired) electrons. The fourth-order valence-corrected chi connectivity index (χ4v) is 2.87. The van der Waals surface area contributed by atoms with Gasteiger partial charge < -0.3 is 15.9 Å². The van der Waals surface area contributed by atoms with Crippen LogP contribution in [0.1, 0.15) is 43.6 Å². The number of amides is 1. The van der Waals surface area contributed by atoms with Crippen molar-refractivity contribution in [3.05, 3.63) is 23.8 Å². The molecule has 1 aliphatic carbocycles. The summed E-state index contributed by atoms with van der Waals surface area (Å²) in [7, 11) is 0. The lowest BCUT2D eigenvalue weighted by molar-refractivity contribution is -0.120. The SMILES string of the molecule is NC(=O)[C@H](c1ccc(O)c(O)c1)C1CCCCC1. The van der Waals surface area contributed by atoms with Gasteiger partial charge in [-0.25, -0.2) is 0 Å². The molecule has 0 unspecified atom stereocenters. The van der Waals surface area contributed by atoms with E-state index in [4.69, 9.17) is 5.73 Å². The summed E-state index contributed by atoms with van der Waals surface area (Å²) < 4.78 is 0. The first kappa shape index (κ1) is 12.7. The zero-order chi connectivity index (χ0) is 13.1. The predicted octanol–water partition coefficient (Wildman–Crippen LogP) is 2.25. The van der Waals surface area contributed by atoms with Gasteiger partial charge in [0, 0.05) is 0 Å². The Kier molecular flexibility index (Phi) is 3.75. The first-order valence-corrected chi connectivity index (χ1v) is 6.41. The molecule has 0 saturated heterocycles. The van der Waals surface area contributed by atoms with Crippen molar-refractivity contribution in [3.8, 4) is 11.5 Å². The van der Waals surface area contributed by atoms with Crippen molar-refractivity contribution in [2.24, 2.45) is 11.7 Å². The third-order valence-electron chi connectivity index (χ3n) is 3.79. The number of phenols is 2. The van der Waals surface area contributed by atoms with Crippen molar-refractivity contribution in [1.82, 2.24) is 0 Å². The Labute approximate surface area is 106 Å². The van der Waals surface area contributed by atoms with Gasteiger partial charge in [-0.15, -0.1) is 0 Å². The minimum absolute atomic E-state index is 0.175. The van der Waals surface area contributed by atoms with Crippen LogP contribution in [0.25, 0.3) is 0 Å². The van der Waals surface area contributed by atoms with Crippen LogP contribution in [0.2, 0.25) is 0 Å². The van der Waals surface area contributed by atoms with Gasteiger partial charge in [0.2, 0.25) is 5.91 Å². The molecule has 1 aromatic carbocycles. The Hall–Kier alpha value is -1.71. The van der Waals surface area contributed by atoms with Gasteiger partial charge in [0.25, 0.3) is 0 Å². The third-order valence-corrected chi connectivity index (χ3v) is 3.79. The van der Waals surface area contributed by atoms with Crippen molar-refractivity contribution < 1.29 is 15.0 Å². The third kappa shape index (κ3) is 2.58. The van der Waals surface area contributed by atoms with E-state index in [1.54, 1.807) is 6.07 Å². The zero-order valence-electron chi connectivity index (χ0n) is 10.3. The normalized spacial score (nSPS) is 18.4. The van der Waals surface area contributed by atoms with E-state index >= 15 is 0 Å². The van der Waals surface area contributed by atoms with Crippen LogP contribution in [0.5, 0.6) is 11.5 Å². The molecule has 0 bridgehead atoms. The summed E-state index contributed by atoms with van der Waals surface area (Å²) in [5.74, 6) is -0.843. The van der Waals surface area contributed by atoms with Crippen LogP contribution in [0.15, 0.2) is 18.2 Å². The highest BCUT2D eigenvalue weighted by atomic mass is 16.3. The summed E-state index contributed by atoms with van der Waals surface area (Å²) in [6.07, 6.45) is 5.45. The minimum Gasteiger partial charge on any atom is -0.504 e. The van der Waals surface area contributed by atoms with Gasteiger partial charge >= 0.3 is 0 Å². The van der Waals surface area contributed by atoms with Crippen LogP contribution in [0, 0.1) is 5.92 Å². The average Bonchev–Trinajstić information content (AvgIpc) is 2.35. The van der Waals surface area contributed by atoms with Crippen LogP contribution in [0.3, 0.4) is 0 Å². The maximum Gasteiger partial charge on any atom is 0.225 e. The van der Waals surface area contributed by atoms with E-state index in [1.165, 1.54) is 18.6 Å². The number of benzene rings is 1. The second kappa shape index (κ2) is 5.29. The molecule has 18 heavy (non-hydrogen) atoms. The maximum absolute atomic E-state index is 11.7. The number of phenolic OH excluding ortho intramolecular Hbond substituents is 2. The smallest absolute Gasteiger partial charge is 0.225 e. The quantitative estimate of drug-likeness (QED) is 0.718. The zero-order valence-corrected chi connectivity index (χ0v) is 10.3. The van der Waals surface area contributed by atoms with E-state index in [0.29, 0.717) is 5.56 Å². The standard InChI is InChI=1S/C14H19NO3/c15-14(18)13(9-4-2-1-3-5-9)10-6-7-11(16)12(17)8-10/h6-9,13,16-17H,1-5H2,(H2,15,18)/t13-/m0/s1. The lowest BCUT2D eigenvalue weighted by Gasteiger charge is -2.28. The second-order valence-corrected chi connectivity index (χ2v) is 5.03. The lowest BCUT2D eigenvalue weighted by Crippen LogP contribution is -2.29. The predicted molar refractivity (Wildman–Crippen MR) is 68.3 cm³/mol. The van der Waals surface area contributed by atoms with Gasteiger partial charge in [0.1, 0.15) is 0 Å². The van der Waals surface area contributed by atoms with Crippen LogP contribution in [-0.4, -0.2) is 16.1 Å². The van der Waals surface area contributed by atoms with Gasteiger partial charge in [-0.3, -0.25) is 4.79 Å². The van der Waals surface area contributed by atoms with Crippen LogP contribution < -0.4 is 5.73 Å². The second-order valence-electron chi connectivity index (χ2n) is 5.03. The summed E-state index contributed by atoms with van der Waals surface area (Å²) in [6, 6.07) is 4.52. The molecule has 1 aromatic rings. The fraction of sp³-hybridized carbons (Fsp3) is 0.500. The van der Waals surface area contributed by atoms with Crippen molar-refractivity contribution in [2.75, 3.05) is 0 Å². The van der Waals surface area contributed by atoms with Crippen LogP contribution >= 0.6 is 0 Å². The number of aromatic hydroxyl groups is 2. The molecule has 0 spiro atoms. The van der Waals surface area contributed by atoms with Crippen molar-refractivity contribution in [2.45, 2.75) is 38.0 Å². The average molecular weight is 249 g/mol. The van der Waals surface area contributed by atoms with E-state index in [9.17, 15) is 15.0 Å². The highest BCUT2D eigenvalue weighted by molar-refractivity contribution is 5.82. The molecule has 0 aliphatic heterocycles. The summed E-state index contributed by atoms with van der Waals surface area (Å²) in [6.45, 7) is 0. The number of carbonyl (C=O) groups is 1. The molecule has 1 atom stereocenters. The number of hydrogen-bond acceptors (Lipinski definition) is 3. The maximum atomic E-state index is 11.7. The largest absolute Gasteiger partial charge is 0.504 e. The molecule has 98 valence electrons. The Balaban J connectivity index is 2.28. The molecular formula is C14H19NO3. The van der Waals surface area contributed by atoms with Gasteiger partial charge in [-0.2, -0.15) is 0 Å². The number of primary amides is 1. The van der Waals surface area contributed by atoms with E-state index < -0.39 is 0 Å². The van der Waals surface area contributed by atoms with E-state index in [2.05, 4.69) is 0 Å².